The Labute approximate surface area is 109 Å². The molecule has 0 radical (unpaired) electrons. The van der Waals surface area contributed by atoms with Gasteiger partial charge in [-0.15, -0.1) is 0 Å². The molecule has 0 aromatic heterocycles. The number of carbonyl (C=O) groups excluding carboxylic acids is 1. The zero-order chi connectivity index (χ0) is 13.9. The van der Waals surface area contributed by atoms with Gasteiger partial charge in [-0.1, -0.05) is 18.2 Å². The molecule has 1 aromatic carbocycles. The van der Waals surface area contributed by atoms with E-state index in [0.717, 1.165) is 18.6 Å². The van der Waals surface area contributed by atoms with Crippen molar-refractivity contribution in [1.29, 1.82) is 0 Å². The molecule has 1 saturated heterocycles. The van der Waals surface area contributed by atoms with Crippen LogP contribution in [0.4, 0.5) is 13.2 Å². The van der Waals surface area contributed by atoms with Crippen LogP contribution in [0.3, 0.4) is 0 Å². The van der Waals surface area contributed by atoms with Crippen LogP contribution in [0.2, 0.25) is 0 Å². The number of ketones is 1. The van der Waals surface area contributed by atoms with E-state index < -0.39 is 11.7 Å². The highest BCUT2D eigenvalue weighted by molar-refractivity contribution is 5.81. The highest BCUT2D eigenvalue weighted by Gasteiger charge is 2.30. The van der Waals surface area contributed by atoms with Gasteiger partial charge < -0.3 is 4.74 Å². The lowest BCUT2D eigenvalue weighted by Gasteiger charge is -2.09. The number of hydrogen-bond donors (Lipinski definition) is 0. The number of rotatable bonds is 4. The summed E-state index contributed by atoms with van der Waals surface area (Å²) in [4.78, 5) is 11.8. The minimum absolute atomic E-state index is 0.0326. The molecule has 1 aliphatic heterocycles. The summed E-state index contributed by atoms with van der Waals surface area (Å²) >= 11 is 0. The minimum Gasteiger partial charge on any atom is -0.381 e. The molecule has 0 amide bonds. The molecule has 0 aliphatic carbocycles. The molecule has 19 heavy (non-hydrogen) atoms. The number of Topliss-reactive ketones (excluding diaryl/α,β-unsaturated/α-hetero) is 1. The summed E-state index contributed by atoms with van der Waals surface area (Å²) in [7, 11) is 0. The van der Waals surface area contributed by atoms with Crippen molar-refractivity contribution in [2.24, 2.45) is 5.92 Å². The minimum atomic E-state index is -4.36. The molecular weight excluding hydrogens is 257 g/mol. The van der Waals surface area contributed by atoms with Crippen LogP contribution in [-0.4, -0.2) is 19.0 Å². The van der Waals surface area contributed by atoms with Crippen LogP contribution in [-0.2, 0) is 22.1 Å². The highest BCUT2D eigenvalue weighted by Crippen LogP contribution is 2.29. The van der Waals surface area contributed by atoms with Gasteiger partial charge in [0.2, 0.25) is 0 Å². The first-order valence-electron chi connectivity index (χ1n) is 6.21. The third-order valence-corrected chi connectivity index (χ3v) is 3.20. The Kier molecular flexibility index (Phi) is 4.24. The van der Waals surface area contributed by atoms with Gasteiger partial charge in [-0.05, 0) is 24.0 Å². The summed E-state index contributed by atoms with van der Waals surface area (Å²) in [5.41, 5.74) is -0.291. The topological polar surface area (TPSA) is 26.3 Å². The number of benzene rings is 1. The number of halogens is 3. The summed E-state index contributed by atoms with van der Waals surface area (Å²) < 4.78 is 42.8. The third kappa shape index (κ3) is 4.06. The molecule has 2 nitrogen and oxygen atoms in total. The molecule has 0 spiro atoms. The highest BCUT2D eigenvalue weighted by atomic mass is 19.4. The van der Waals surface area contributed by atoms with Crippen LogP contribution in [0.1, 0.15) is 24.0 Å². The van der Waals surface area contributed by atoms with Crippen molar-refractivity contribution in [1.82, 2.24) is 0 Å². The van der Waals surface area contributed by atoms with Crippen molar-refractivity contribution < 1.29 is 22.7 Å². The largest absolute Gasteiger partial charge is 0.416 e. The lowest BCUT2D eigenvalue weighted by molar-refractivity contribution is -0.137. The second-order valence-corrected chi connectivity index (χ2v) is 4.85. The first-order valence-corrected chi connectivity index (χ1v) is 6.21. The Bertz CT molecular complexity index is 448. The van der Waals surface area contributed by atoms with Gasteiger partial charge in [-0.2, -0.15) is 13.2 Å². The number of hydrogen-bond acceptors (Lipinski definition) is 2. The summed E-state index contributed by atoms with van der Waals surface area (Å²) in [6.07, 6.45) is -3.07. The van der Waals surface area contributed by atoms with E-state index in [1.54, 1.807) is 6.07 Å². The van der Waals surface area contributed by atoms with Crippen LogP contribution in [0.25, 0.3) is 0 Å². The molecule has 1 aromatic rings. The van der Waals surface area contributed by atoms with Crippen molar-refractivity contribution >= 4 is 5.78 Å². The Morgan fingerprint density at radius 3 is 2.79 bits per heavy atom. The third-order valence-electron chi connectivity index (χ3n) is 3.20. The molecule has 1 heterocycles. The van der Waals surface area contributed by atoms with Gasteiger partial charge in [0, 0.05) is 26.1 Å². The van der Waals surface area contributed by atoms with E-state index in [1.807, 2.05) is 0 Å². The van der Waals surface area contributed by atoms with Gasteiger partial charge in [0.05, 0.1) is 5.56 Å². The number of ether oxygens (including phenoxy) is 1. The van der Waals surface area contributed by atoms with Crippen molar-refractivity contribution in [3.8, 4) is 0 Å². The molecule has 0 bridgehead atoms. The van der Waals surface area contributed by atoms with Gasteiger partial charge in [-0.3, -0.25) is 4.79 Å². The molecule has 1 aliphatic rings. The summed E-state index contributed by atoms with van der Waals surface area (Å²) in [6, 6.07) is 4.95. The summed E-state index contributed by atoms with van der Waals surface area (Å²) in [6.45, 7) is 1.25. The molecule has 0 N–H and O–H groups in total. The molecule has 104 valence electrons. The van der Waals surface area contributed by atoms with Gasteiger partial charge in [-0.25, -0.2) is 0 Å². The summed E-state index contributed by atoms with van der Waals surface area (Å²) in [5, 5.41) is 0. The molecule has 5 heteroatoms. The van der Waals surface area contributed by atoms with Crippen LogP contribution in [0.15, 0.2) is 24.3 Å². The predicted octanol–water partition coefficient (Wildman–Crippen LogP) is 3.24. The van der Waals surface area contributed by atoms with Crippen molar-refractivity contribution in [2.75, 3.05) is 13.2 Å². The van der Waals surface area contributed by atoms with E-state index >= 15 is 0 Å². The Hall–Kier alpha value is -1.36. The van der Waals surface area contributed by atoms with Gasteiger partial charge in [0.25, 0.3) is 0 Å². The molecule has 0 saturated carbocycles. The van der Waals surface area contributed by atoms with Gasteiger partial charge in [0.1, 0.15) is 5.78 Å². The average molecular weight is 272 g/mol. The van der Waals surface area contributed by atoms with E-state index in [0.29, 0.717) is 25.2 Å². The monoisotopic (exact) mass is 272 g/mol. The molecular formula is C14H15F3O2. The van der Waals surface area contributed by atoms with Crippen LogP contribution in [0.5, 0.6) is 0 Å². The Balaban J connectivity index is 1.96. The second-order valence-electron chi connectivity index (χ2n) is 4.85. The van der Waals surface area contributed by atoms with Gasteiger partial charge in [0.15, 0.2) is 0 Å². The van der Waals surface area contributed by atoms with Gasteiger partial charge >= 0.3 is 6.18 Å². The van der Waals surface area contributed by atoms with E-state index in [1.165, 1.54) is 6.07 Å². The fraction of sp³-hybridized carbons (Fsp3) is 0.500. The second kappa shape index (κ2) is 5.74. The number of carbonyl (C=O) groups is 1. The van der Waals surface area contributed by atoms with Crippen LogP contribution in [0, 0.1) is 5.92 Å². The lowest BCUT2D eigenvalue weighted by Crippen LogP contribution is -2.11. The quantitative estimate of drug-likeness (QED) is 0.841. The lowest BCUT2D eigenvalue weighted by atomic mass is 9.97. The first kappa shape index (κ1) is 14.1. The fourth-order valence-electron chi connectivity index (χ4n) is 2.22. The molecule has 1 fully saturated rings. The number of alkyl halides is 3. The average Bonchev–Trinajstić information content (AvgIpc) is 2.80. The smallest absolute Gasteiger partial charge is 0.381 e. The molecule has 1 unspecified atom stereocenters. The first-order chi connectivity index (χ1) is 8.95. The van der Waals surface area contributed by atoms with E-state index in [-0.39, 0.29) is 18.1 Å². The van der Waals surface area contributed by atoms with Crippen LogP contribution >= 0.6 is 0 Å². The van der Waals surface area contributed by atoms with Crippen molar-refractivity contribution in [3.05, 3.63) is 35.4 Å². The predicted molar refractivity (Wildman–Crippen MR) is 63.7 cm³/mol. The Morgan fingerprint density at radius 2 is 2.16 bits per heavy atom. The normalized spacial score (nSPS) is 19.6. The van der Waals surface area contributed by atoms with E-state index in [4.69, 9.17) is 4.74 Å². The maximum Gasteiger partial charge on any atom is 0.416 e. The fourth-order valence-corrected chi connectivity index (χ4v) is 2.22. The van der Waals surface area contributed by atoms with Crippen LogP contribution < -0.4 is 0 Å². The zero-order valence-electron chi connectivity index (χ0n) is 10.4. The maximum atomic E-state index is 12.5. The van der Waals surface area contributed by atoms with E-state index in [2.05, 4.69) is 0 Å². The SMILES string of the molecule is O=C(Cc1cccc(C(F)(F)F)c1)CC1CCOC1. The maximum absolute atomic E-state index is 12.5. The standard InChI is InChI=1S/C14H15F3O2/c15-14(16,17)12-3-1-2-10(6-12)7-13(18)8-11-4-5-19-9-11/h1-3,6,11H,4-5,7-9H2. The molecule has 2 rings (SSSR count). The molecule has 1 atom stereocenters. The summed E-state index contributed by atoms with van der Waals surface area (Å²) in [5.74, 6) is 0.188. The van der Waals surface area contributed by atoms with Crippen molar-refractivity contribution in [2.45, 2.75) is 25.4 Å². The zero-order valence-corrected chi connectivity index (χ0v) is 10.4. The van der Waals surface area contributed by atoms with E-state index in [9.17, 15) is 18.0 Å². The van der Waals surface area contributed by atoms with Crippen molar-refractivity contribution in [3.63, 3.8) is 0 Å². The Morgan fingerprint density at radius 1 is 1.37 bits per heavy atom.